The Kier molecular flexibility index (Phi) is 5.24. The summed E-state index contributed by atoms with van der Waals surface area (Å²) in [5, 5.41) is -1.31. The average Bonchev–Trinajstić information content (AvgIpc) is 2.77. The van der Waals surface area contributed by atoms with Crippen molar-refractivity contribution in [3.63, 3.8) is 0 Å². The Morgan fingerprint density at radius 3 is 1.38 bits per heavy atom. The van der Waals surface area contributed by atoms with Gasteiger partial charge >= 0.3 is 35.8 Å². The third-order valence-corrected chi connectivity index (χ3v) is 3.84. The highest BCUT2D eigenvalue weighted by molar-refractivity contribution is 6.30. The minimum atomic E-state index is -7.93. The molecule has 16 heteroatoms. The van der Waals surface area contributed by atoms with Crippen LogP contribution in [0.25, 0.3) is 0 Å². The third kappa shape index (κ3) is 2.77. The molecule has 2 nitrogen and oxygen atoms in total. The summed E-state index contributed by atoms with van der Waals surface area (Å²) in [6, 6.07) is -3.32. The fourth-order valence-electron chi connectivity index (χ4n) is 1.73. The van der Waals surface area contributed by atoms with E-state index < -0.39 is 52.6 Å². The van der Waals surface area contributed by atoms with Crippen LogP contribution in [0.3, 0.4) is 0 Å². The molecule has 1 aliphatic rings. The molecule has 1 rings (SSSR count). The van der Waals surface area contributed by atoms with E-state index in [2.05, 4.69) is 0 Å². The highest BCUT2D eigenvalue weighted by Crippen LogP contribution is 2.61. The number of allylic oxidation sites excluding steroid dienone is 1. The second-order valence-electron chi connectivity index (χ2n) is 5.09. The second-order valence-corrected chi connectivity index (χ2v) is 5.50. The molecule has 26 heavy (non-hydrogen) atoms. The Balaban J connectivity index is 3.49. The predicted octanol–water partition coefficient (Wildman–Crippen LogP) is 4.67. The van der Waals surface area contributed by atoms with Gasteiger partial charge in [-0.25, -0.2) is 5.43 Å². The van der Waals surface area contributed by atoms with Gasteiger partial charge in [0.2, 0.25) is 0 Å². The summed E-state index contributed by atoms with van der Waals surface area (Å²) >= 11 is 5.13. The van der Waals surface area contributed by atoms with Gasteiger partial charge in [-0.2, -0.15) is 57.1 Å². The first kappa shape index (κ1) is 22.9. The van der Waals surface area contributed by atoms with Gasteiger partial charge in [0.15, 0.2) is 0 Å². The maximum Gasteiger partial charge on any atom is 0.460 e. The standard InChI is InChI=1S/C10H6ClF13N2/c1-2-3(11)4(26-25-2)5(12,13)6(14,15)7(16,17)8(18,19)9(20,21)10(22,23)24/h4,25-26H,1H3/t4-/m0/s1. The monoisotopic (exact) mass is 436 g/mol. The van der Waals surface area contributed by atoms with Crippen LogP contribution >= 0.6 is 11.6 Å². The van der Waals surface area contributed by atoms with Crippen molar-refractivity contribution in [3.05, 3.63) is 10.7 Å². The van der Waals surface area contributed by atoms with Gasteiger partial charge in [0.1, 0.15) is 6.04 Å². The van der Waals surface area contributed by atoms with Crippen LogP contribution < -0.4 is 10.9 Å². The molecule has 0 amide bonds. The molecule has 0 aromatic rings. The summed E-state index contributed by atoms with van der Waals surface area (Å²) < 4.78 is 168. The molecule has 1 aliphatic heterocycles. The van der Waals surface area contributed by atoms with Crippen LogP contribution in [0.1, 0.15) is 6.92 Å². The molecular formula is C10H6ClF13N2. The third-order valence-electron chi connectivity index (χ3n) is 3.34. The molecule has 0 aliphatic carbocycles. The number of halogens is 14. The van der Waals surface area contributed by atoms with Gasteiger partial charge < -0.3 is 5.43 Å². The molecule has 0 bridgehead atoms. The van der Waals surface area contributed by atoms with E-state index in [4.69, 9.17) is 11.6 Å². The highest BCUT2D eigenvalue weighted by atomic mass is 35.5. The first-order valence-corrected chi connectivity index (χ1v) is 6.39. The number of hydrogen-bond donors (Lipinski definition) is 2. The van der Waals surface area contributed by atoms with Gasteiger partial charge in [-0.15, -0.1) is 0 Å². The smallest absolute Gasteiger partial charge is 0.324 e. The quantitative estimate of drug-likeness (QED) is 0.612. The lowest BCUT2D eigenvalue weighted by molar-refractivity contribution is -0.440. The van der Waals surface area contributed by atoms with Gasteiger partial charge in [0.25, 0.3) is 0 Å². The lowest BCUT2D eigenvalue weighted by Gasteiger charge is -2.41. The topological polar surface area (TPSA) is 24.1 Å². The van der Waals surface area contributed by atoms with Crippen LogP contribution in [0.15, 0.2) is 10.7 Å². The van der Waals surface area contributed by atoms with Crippen molar-refractivity contribution >= 4 is 11.6 Å². The minimum Gasteiger partial charge on any atom is -0.324 e. The zero-order valence-corrected chi connectivity index (χ0v) is 12.6. The Hall–Kier alpha value is -1.12. The lowest BCUT2D eigenvalue weighted by atomic mass is 9.90. The number of alkyl halides is 13. The second kappa shape index (κ2) is 5.94. The molecule has 1 heterocycles. The van der Waals surface area contributed by atoms with E-state index >= 15 is 0 Å². The van der Waals surface area contributed by atoms with E-state index in [1.165, 1.54) is 5.43 Å². The Morgan fingerprint density at radius 1 is 0.692 bits per heavy atom. The number of hydrazine groups is 1. The summed E-state index contributed by atoms with van der Waals surface area (Å²) in [5.41, 5.74) is 2.35. The van der Waals surface area contributed by atoms with E-state index in [0.717, 1.165) is 6.92 Å². The molecule has 2 N–H and O–H groups in total. The highest BCUT2D eigenvalue weighted by Gasteiger charge is 2.91. The Morgan fingerprint density at radius 2 is 1.08 bits per heavy atom. The molecule has 0 unspecified atom stereocenters. The first-order valence-electron chi connectivity index (χ1n) is 6.01. The van der Waals surface area contributed by atoms with Gasteiger partial charge in [0, 0.05) is 5.70 Å². The molecule has 0 aromatic carbocycles. The van der Waals surface area contributed by atoms with Crippen LogP contribution in [0.5, 0.6) is 0 Å². The van der Waals surface area contributed by atoms with Crippen LogP contribution in [0.4, 0.5) is 57.1 Å². The van der Waals surface area contributed by atoms with Crippen molar-refractivity contribution < 1.29 is 57.1 Å². The van der Waals surface area contributed by atoms with Gasteiger partial charge in [0.05, 0.1) is 5.03 Å². The zero-order chi connectivity index (χ0) is 21.1. The summed E-state index contributed by atoms with van der Waals surface area (Å²) in [5.74, 6) is -37.2. The molecule has 1 atom stereocenters. The van der Waals surface area contributed by atoms with Crippen molar-refractivity contribution in [2.24, 2.45) is 0 Å². The van der Waals surface area contributed by atoms with Crippen molar-refractivity contribution in [1.29, 1.82) is 0 Å². The Labute approximate surface area is 140 Å². The normalized spacial score (nSPS) is 21.3. The van der Waals surface area contributed by atoms with Crippen molar-refractivity contribution in [3.8, 4) is 0 Å². The lowest BCUT2D eigenvalue weighted by Crippen LogP contribution is -2.72. The molecule has 0 aromatic heterocycles. The van der Waals surface area contributed by atoms with Gasteiger partial charge in [-0.3, -0.25) is 0 Å². The fraction of sp³-hybridized carbons (Fsp3) is 0.800. The predicted molar refractivity (Wildman–Crippen MR) is 59.4 cm³/mol. The van der Waals surface area contributed by atoms with Crippen molar-refractivity contribution in [1.82, 2.24) is 10.9 Å². The summed E-state index contributed by atoms with van der Waals surface area (Å²) in [7, 11) is 0. The number of rotatable bonds is 5. The maximum absolute atomic E-state index is 13.7. The van der Waals surface area contributed by atoms with Crippen molar-refractivity contribution in [2.45, 2.75) is 48.8 Å². The summed E-state index contributed by atoms with van der Waals surface area (Å²) in [6.07, 6.45) is -7.44. The van der Waals surface area contributed by atoms with Crippen LogP contribution in [0, 0.1) is 0 Å². The van der Waals surface area contributed by atoms with E-state index in [9.17, 15) is 57.1 Å². The summed E-state index contributed by atoms with van der Waals surface area (Å²) in [4.78, 5) is 0. The molecule has 0 radical (unpaired) electrons. The van der Waals surface area contributed by atoms with Crippen LogP contribution in [-0.4, -0.2) is 41.8 Å². The maximum atomic E-state index is 13.7. The first-order chi connectivity index (χ1) is 11.2. The molecule has 0 saturated carbocycles. The fourth-order valence-corrected chi connectivity index (χ4v) is 1.97. The SMILES string of the molecule is CC1=C(Cl)[C@@H](C(F)(F)C(F)(F)C(F)(F)C(F)(F)C(F)(F)C(F)(F)F)NN1. The molecule has 154 valence electrons. The largest absolute Gasteiger partial charge is 0.460 e. The number of hydrogen-bond acceptors (Lipinski definition) is 2. The molecule has 0 spiro atoms. The molecule has 0 fully saturated rings. The zero-order valence-electron chi connectivity index (χ0n) is 11.9. The van der Waals surface area contributed by atoms with E-state index in [-0.39, 0.29) is 0 Å². The van der Waals surface area contributed by atoms with E-state index in [1.807, 2.05) is 0 Å². The van der Waals surface area contributed by atoms with Gasteiger partial charge in [-0.1, -0.05) is 11.6 Å². The average molecular weight is 437 g/mol. The Bertz CT molecular complexity index is 594. The van der Waals surface area contributed by atoms with Crippen LogP contribution in [-0.2, 0) is 0 Å². The van der Waals surface area contributed by atoms with Crippen LogP contribution in [0.2, 0.25) is 0 Å². The molecular weight excluding hydrogens is 431 g/mol. The number of nitrogens with one attached hydrogen (secondary N) is 2. The minimum absolute atomic E-state index is 0.539. The summed E-state index contributed by atoms with van der Waals surface area (Å²) in [6.45, 7) is 0.855. The van der Waals surface area contributed by atoms with Crippen molar-refractivity contribution in [2.75, 3.05) is 0 Å². The van der Waals surface area contributed by atoms with Gasteiger partial charge in [-0.05, 0) is 6.92 Å². The van der Waals surface area contributed by atoms with E-state index in [0.29, 0.717) is 0 Å². The molecule has 0 saturated heterocycles. The van der Waals surface area contributed by atoms with E-state index in [1.54, 1.807) is 5.43 Å².